The van der Waals surface area contributed by atoms with Gasteiger partial charge in [0.25, 0.3) is 0 Å². The lowest BCUT2D eigenvalue weighted by atomic mass is 10.2. The Labute approximate surface area is 134 Å². The van der Waals surface area contributed by atoms with Gasteiger partial charge in [-0.05, 0) is 29.8 Å². The summed E-state index contributed by atoms with van der Waals surface area (Å²) in [6.07, 6.45) is -0.806. The maximum absolute atomic E-state index is 11.9. The van der Waals surface area contributed by atoms with Gasteiger partial charge < -0.3 is 14.6 Å². The standard InChI is InChI=1S/C18H17NO4/c19-11-10-16(20)13-22-17-8-6-15(7-9-17)18(21)23-12-14-4-2-1-3-5-14/h1-9,16,20H,10,12-13H2. The average Bonchev–Trinajstić information content (AvgIpc) is 2.59. The summed E-state index contributed by atoms with van der Waals surface area (Å²) in [5, 5.41) is 17.9. The van der Waals surface area contributed by atoms with Crippen molar-refractivity contribution in [1.82, 2.24) is 0 Å². The molecule has 1 N–H and O–H groups in total. The zero-order chi connectivity index (χ0) is 16.5. The van der Waals surface area contributed by atoms with E-state index in [0.29, 0.717) is 11.3 Å². The predicted molar refractivity (Wildman–Crippen MR) is 83.7 cm³/mol. The monoisotopic (exact) mass is 311 g/mol. The zero-order valence-corrected chi connectivity index (χ0v) is 12.5. The molecule has 0 aliphatic carbocycles. The van der Waals surface area contributed by atoms with E-state index in [-0.39, 0.29) is 19.6 Å². The van der Waals surface area contributed by atoms with Gasteiger partial charge in [-0.25, -0.2) is 4.79 Å². The summed E-state index contributed by atoms with van der Waals surface area (Å²) in [5.74, 6) is 0.103. The van der Waals surface area contributed by atoms with Gasteiger partial charge in [-0.2, -0.15) is 5.26 Å². The Morgan fingerprint density at radius 2 is 1.83 bits per heavy atom. The molecule has 1 atom stereocenters. The van der Waals surface area contributed by atoms with Crippen LogP contribution >= 0.6 is 0 Å². The number of benzene rings is 2. The number of ether oxygens (including phenoxy) is 2. The molecule has 0 saturated carbocycles. The van der Waals surface area contributed by atoms with Crippen LogP contribution in [0.4, 0.5) is 0 Å². The minimum absolute atomic E-state index is 0.0178. The summed E-state index contributed by atoms with van der Waals surface area (Å²) in [6, 6.07) is 17.7. The number of carbonyl (C=O) groups excluding carboxylic acids is 1. The molecule has 0 spiro atoms. The molecule has 0 fully saturated rings. The number of carbonyl (C=O) groups is 1. The lowest BCUT2D eigenvalue weighted by Gasteiger charge is -2.10. The molecule has 23 heavy (non-hydrogen) atoms. The molecule has 0 radical (unpaired) electrons. The maximum atomic E-state index is 11.9. The van der Waals surface area contributed by atoms with Gasteiger partial charge in [-0.3, -0.25) is 0 Å². The average molecular weight is 311 g/mol. The van der Waals surface area contributed by atoms with Crippen LogP contribution < -0.4 is 4.74 Å². The topological polar surface area (TPSA) is 79.5 Å². The number of aliphatic hydroxyl groups excluding tert-OH is 1. The molecule has 0 amide bonds. The summed E-state index contributed by atoms with van der Waals surface area (Å²) in [4.78, 5) is 11.9. The molecule has 2 aromatic rings. The van der Waals surface area contributed by atoms with Crippen LogP contribution in [0.1, 0.15) is 22.3 Å². The highest BCUT2D eigenvalue weighted by molar-refractivity contribution is 5.89. The third kappa shape index (κ3) is 5.46. The fourth-order valence-electron chi connectivity index (χ4n) is 1.85. The molecule has 5 heteroatoms. The molecule has 0 saturated heterocycles. The third-order valence-corrected chi connectivity index (χ3v) is 3.07. The van der Waals surface area contributed by atoms with Crippen molar-refractivity contribution in [3.63, 3.8) is 0 Å². The Morgan fingerprint density at radius 3 is 2.48 bits per heavy atom. The minimum atomic E-state index is -0.824. The molecular formula is C18H17NO4. The van der Waals surface area contributed by atoms with Crippen LogP contribution in [0, 0.1) is 11.3 Å². The van der Waals surface area contributed by atoms with Gasteiger partial charge in [0.1, 0.15) is 25.1 Å². The van der Waals surface area contributed by atoms with Crippen LogP contribution in [0.3, 0.4) is 0 Å². The Morgan fingerprint density at radius 1 is 1.13 bits per heavy atom. The van der Waals surface area contributed by atoms with Crippen molar-refractivity contribution in [3.05, 3.63) is 65.7 Å². The first-order valence-electron chi connectivity index (χ1n) is 7.18. The SMILES string of the molecule is N#CCC(O)COc1ccc(C(=O)OCc2ccccc2)cc1. The molecule has 0 heterocycles. The number of esters is 1. The Bertz CT molecular complexity index is 662. The van der Waals surface area contributed by atoms with Crippen molar-refractivity contribution in [2.24, 2.45) is 0 Å². The second kappa shape index (κ2) is 8.57. The predicted octanol–water partition coefficient (Wildman–Crippen LogP) is 2.70. The van der Waals surface area contributed by atoms with Crippen molar-refractivity contribution >= 4 is 5.97 Å². The largest absolute Gasteiger partial charge is 0.491 e. The number of hydrogen-bond donors (Lipinski definition) is 1. The molecule has 0 aromatic heterocycles. The summed E-state index contributed by atoms with van der Waals surface area (Å²) in [6.45, 7) is 0.254. The highest BCUT2D eigenvalue weighted by atomic mass is 16.5. The molecule has 2 aromatic carbocycles. The molecular weight excluding hydrogens is 294 g/mol. The van der Waals surface area contributed by atoms with E-state index >= 15 is 0 Å². The van der Waals surface area contributed by atoms with Gasteiger partial charge >= 0.3 is 5.97 Å². The van der Waals surface area contributed by atoms with Crippen molar-refractivity contribution < 1.29 is 19.4 Å². The minimum Gasteiger partial charge on any atom is -0.491 e. The first-order chi connectivity index (χ1) is 11.2. The van der Waals surface area contributed by atoms with Crippen LogP contribution in [0.15, 0.2) is 54.6 Å². The number of hydrogen-bond acceptors (Lipinski definition) is 5. The van der Waals surface area contributed by atoms with Crippen molar-refractivity contribution in [2.75, 3.05) is 6.61 Å². The first-order valence-corrected chi connectivity index (χ1v) is 7.18. The van der Waals surface area contributed by atoms with E-state index in [0.717, 1.165) is 5.56 Å². The normalized spacial score (nSPS) is 11.3. The van der Waals surface area contributed by atoms with Crippen LogP contribution in [-0.4, -0.2) is 23.8 Å². The molecule has 0 aliphatic rings. The van der Waals surface area contributed by atoms with E-state index in [1.807, 2.05) is 36.4 Å². The van der Waals surface area contributed by atoms with Gasteiger partial charge in [-0.15, -0.1) is 0 Å². The van der Waals surface area contributed by atoms with Gasteiger partial charge in [0.2, 0.25) is 0 Å². The van der Waals surface area contributed by atoms with E-state index in [9.17, 15) is 9.90 Å². The van der Waals surface area contributed by atoms with Crippen molar-refractivity contribution in [2.45, 2.75) is 19.1 Å². The molecule has 5 nitrogen and oxygen atoms in total. The Hall–Kier alpha value is -2.84. The quantitative estimate of drug-likeness (QED) is 0.795. The van der Waals surface area contributed by atoms with Crippen molar-refractivity contribution in [1.29, 1.82) is 5.26 Å². The van der Waals surface area contributed by atoms with E-state index in [4.69, 9.17) is 14.7 Å². The van der Waals surface area contributed by atoms with E-state index in [1.54, 1.807) is 24.3 Å². The Balaban J connectivity index is 1.84. The van der Waals surface area contributed by atoms with Gasteiger partial charge in [-0.1, -0.05) is 30.3 Å². The fourth-order valence-corrected chi connectivity index (χ4v) is 1.85. The smallest absolute Gasteiger partial charge is 0.338 e. The van der Waals surface area contributed by atoms with E-state index in [1.165, 1.54) is 0 Å². The summed E-state index contributed by atoms with van der Waals surface area (Å²) in [5.41, 5.74) is 1.35. The number of nitriles is 1. The molecule has 1 unspecified atom stereocenters. The fraction of sp³-hybridized carbons (Fsp3) is 0.222. The number of rotatable bonds is 7. The number of nitrogens with zero attached hydrogens (tertiary/aromatic N) is 1. The molecule has 118 valence electrons. The second-order valence-corrected chi connectivity index (χ2v) is 4.91. The summed E-state index contributed by atoms with van der Waals surface area (Å²) >= 11 is 0. The molecule has 0 bridgehead atoms. The molecule has 2 rings (SSSR count). The van der Waals surface area contributed by atoms with E-state index < -0.39 is 12.1 Å². The number of aliphatic hydroxyl groups is 1. The second-order valence-electron chi connectivity index (χ2n) is 4.91. The highest BCUT2D eigenvalue weighted by Gasteiger charge is 2.08. The zero-order valence-electron chi connectivity index (χ0n) is 12.5. The molecule has 0 aliphatic heterocycles. The highest BCUT2D eigenvalue weighted by Crippen LogP contribution is 2.14. The van der Waals surface area contributed by atoms with Crippen LogP contribution in [0.25, 0.3) is 0 Å². The van der Waals surface area contributed by atoms with Crippen LogP contribution in [0.2, 0.25) is 0 Å². The van der Waals surface area contributed by atoms with Gasteiger partial charge in [0, 0.05) is 0 Å². The summed E-state index contributed by atoms with van der Waals surface area (Å²) in [7, 11) is 0. The van der Waals surface area contributed by atoms with Crippen molar-refractivity contribution in [3.8, 4) is 11.8 Å². The van der Waals surface area contributed by atoms with Crippen LogP contribution in [-0.2, 0) is 11.3 Å². The van der Waals surface area contributed by atoms with Crippen LogP contribution in [0.5, 0.6) is 5.75 Å². The van der Waals surface area contributed by atoms with Gasteiger partial charge in [0.15, 0.2) is 0 Å². The maximum Gasteiger partial charge on any atom is 0.338 e. The Kier molecular flexibility index (Phi) is 6.16. The lowest BCUT2D eigenvalue weighted by Crippen LogP contribution is -2.16. The van der Waals surface area contributed by atoms with E-state index in [2.05, 4.69) is 0 Å². The lowest BCUT2D eigenvalue weighted by molar-refractivity contribution is 0.0472. The third-order valence-electron chi connectivity index (χ3n) is 3.07. The first kappa shape index (κ1) is 16.5. The summed E-state index contributed by atoms with van der Waals surface area (Å²) < 4.78 is 10.6. The van der Waals surface area contributed by atoms with Gasteiger partial charge in [0.05, 0.1) is 18.1 Å².